The number of benzene rings is 3. The number of nitrogens with one attached hydrogen (secondary N) is 2. The van der Waals surface area contributed by atoms with Crippen LogP contribution in [0.5, 0.6) is 11.5 Å². The zero-order valence-corrected chi connectivity index (χ0v) is 18.7. The fourth-order valence-corrected chi connectivity index (χ4v) is 4.68. The Hall–Kier alpha value is -3.52. The van der Waals surface area contributed by atoms with Crippen molar-refractivity contribution in [3.63, 3.8) is 0 Å². The number of aryl methyl sites for hydroxylation is 2. The second-order valence-electron chi connectivity index (χ2n) is 7.60. The van der Waals surface area contributed by atoms with Crippen molar-refractivity contribution in [3.8, 4) is 11.5 Å². The number of hydrogen-bond donors (Lipinski definition) is 2. The standard InChI is InChI=1S/C24H24N2O5S/c1-16-4-3-5-17(2)24(16)26-32(28,29)20-9-7-19(8-10-20)25-23(27)15-18-6-11-21-22(14-18)31-13-12-30-21/h3-11,14,26H,12-13,15H2,1-2H3,(H,25,27). The van der Waals surface area contributed by atoms with Crippen LogP contribution in [0.2, 0.25) is 0 Å². The summed E-state index contributed by atoms with van der Waals surface area (Å²) in [4.78, 5) is 12.5. The molecule has 0 bridgehead atoms. The highest BCUT2D eigenvalue weighted by molar-refractivity contribution is 7.92. The third kappa shape index (κ3) is 4.86. The molecule has 0 radical (unpaired) electrons. The number of carbonyl (C=O) groups is 1. The van der Waals surface area contributed by atoms with Crippen molar-refractivity contribution in [2.75, 3.05) is 23.3 Å². The Balaban J connectivity index is 1.41. The van der Waals surface area contributed by atoms with Gasteiger partial charge in [0.15, 0.2) is 11.5 Å². The van der Waals surface area contributed by atoms with E-state index in [1.165, 1.54) is 12.1 Å². The topological polar surface area (TPSA) is 93.7 Å². The third-order valence-electron chi connectivity index (χ3n) is 5.14. The lowest BCUT2D eigenvalue weighted by molar-refractivity contribution is -0.115. The van der Waals surface area contributed by atoms with E-state index in [-0.39, 0.29) is 17.2 Å². The van der Waals surface area contributed by atoms with Crippen LogP contribution in [-0.2, 0) is 21.2 Å². The van der Waals surface area contributed by atoms with Gasteiger partial charge in [0.25, 0.3) is 10.0 Å². The number of ether oxygens (including phenoxy) is 2. The van der Waals surface area contributed by atoms with Crippen LogP contribution in [0.4, 0.5) is 11.4 Å². The van der Waals surface area contributed by atoms with Crippen LogP contribution in [0.25, 0.3) is 0 Å². The molecule has 1 heterocycles. The molecule has 0 fully saturated rings. The van der Waals surface area contributed by atoms with Crippen molar-refractivity contribution in [1.82, 2.24) is 0 Å². The molecule has 1 amide bonds. The number of amides is 1. The summed E-state index contributed by atoms with van der Waals surface area (Å²) in [6.45, 7) is 4.70. The summed E-state index contributed by atoms with van der Waals surface area (Å²) >= 11 is 0. The van der Waals surface area contributed by atoms with E-state index < -0.39 is 10.0 Å². The van der Waals surface area contributed by atoms with Gasteiger partial charge in [-0.1, -0.05) is 24.3 Å². The number of rotatable bonds is 6. The maximum atomic E-state index is 12.8. The number of carbonyl (C=O) groups excluding carboxylic acids is 1. The Morgan fingerprint density at radius 1 is 0.906 bits per heavy atom. The van der Waals surface area contributed by atoms with Crippen LogP contribution in [0.1, 0.15) is 16.7 Å². The minimum absolute atomic E-state index is 0.116. The van der Waals surface area contributed by atoms with Gasteiger partial charge in [-0.05, 0) is 66.9 Å². The highest BCUT2D eigenvalue weighted by Crippen LogP contribution is 2.31. The summed E-state index contributed by atoms with van der Waals surface area (Å²) in [5, 5.41) is 2.79. The highest BCUT2D eigenvalue weighted by Gasteiger charge is 2.17. The van der Waals surface area contributed by atoms with Crippen LogP contribution in [0, 0.1) is 13.8 Å². The average Bonchev–Trinajstić information content (AvgIpc) is 2.77. The number of para-hydroxylation sites is 1. The summed E-state index contributed by atoms with van der Waals surface area (Å²) in [7, 11) is -3.75. The molecule has 0 saturated heterocycles. The van der Waals surface area contributed by atoms with Crippen LogP contribution in [0.3, 0.4) is 0 Å². The quantitative estimate of drug-likeness (QED) is 0.588. The predicted octanol–water partition coefficient (Wildman–Crippen LogP) is 4.06. The van der Waals surface area contributed by atoms with Gasteiger partial charge in [-0.25, -0.2) is 8.42 Å². The first kappa shape index (κ1) is 21.7. The van der Waals surface area contributed by atoms with Crippen molar-refractivity contribution in [2.45, 2.75) is 25.2 Å². The monoisotopic (exact) mass is 452 g/mol. The maximum absolute atomic E-state index is 12.8. The zero-order valence-electron chi connectivity index (χ0n) is 17.8. The second-order valence-corrected chi connectivity index (χ2v) is 9.28. The Bertz CT molecular complexity index is 1230. The molecular formula is C24H24N2O5S. The number of sulfonamides is 1. The van der Waals surface area contributed by atoms with Crippen molar-refractivity contribution in [2.24, 2.45) is 0 Å². The first-order valence-electron chi connectivity index (χ1n) is 10.2. The Kier molecular flexibility index (Phi) is 6.05. The Labute approximate surface area is 187 Å². The van der Waals surface area contributed by atoms with Crippen LogP contribution < -0.4 is 19.5 Å². The van der Waals surface area contributed by atoms with E-state index in [1.807, 2.05) is 38.1 Å². The smallest absolute Gasteiger partial charge is 0.261 e. The van der Waals surface area contributed by atoms with Gasteiger partial charge in [0.05, 0.1) is 17.0 Å². The molecule has 0 aromatic heterocycles. The molecule has 4 rings (SSSR count). The highest BCUT2D eigenvalue weighted by atomic mass is 32.2. The lowest BCUT2D eigenvalue weighted by Gasteiger charge is -2.18. The molecular weight excluding hydrogens is 428 g/mol. The van der Waals surface area contributed by atoms with E-state index >= 15 is 0 Å². The molecule has 3 aromatic carbocycles. The minimum atomic E-state index is -3.75. The molecule has 3 aromatic rings. The van der Waals surface area contributed by atoms with Crippen LogP contribution in [0.15, 0.2) is 65.6 Å². The first-order chi connectivity index (χ1) is 15.3. The number of anilines is 2. The summed E-state index contributed by atoms with van der Waals surface area (Å²) in [5.41, 5.74) is 3.57. The molecule has 7 nitrogen and oxygen atoms in total. The molecule has 8 heteroatoms. The normalized spacial score (nSPS) is 12.8. The van der Waals surface area contributed by atoms with E-state index in [9.17, 15) is 13.2 Å². The molecule has 0 aliphatic carbocycles. The van der Waals surface area contributed by atoms with E-state index in [0.717, 1.165) is 16.7 Å². The van der Waals surface area contributed by atoms with E-state index in [4.69, 9.17) is 9.47 Å². The second kappa shape index (κ2) is 8.92. The van der Waals surface area contributed by atoms with Crippen molar-refractivity contribution >= 4 is 27.3 Å². The minimum Gasteiger partial charge on any atom is -0.486 e. The van der Waals surface area contributed by atoms with Gasteiger partial charge >= 0.3 is 0 Å². The van der Waals surface area contributed by atoms with Gasteiger partial charge in [-0.15, -0.1) is 0 Å². The molecule has 1 aliphatic rings. The number of fused-ring (bicyclic) bond motifs is 1. The average molecular weight is 453 g/mol. The summed E-state index contributed by atoms with van der Waals surface area (Å²) < 4.78 is 39.2. The predicted molar refractivity (Wildman–Crippen MR) is 123 cm³/mol. The van der Waals surface area contributed by atoms with Crippen molar-refractivity contribution < 1.29 is 22.7 Å². The Morgan fingerprint density at radius 3 is 2.25 bits per heavy atom. The molecule has 1 aliphatic heterocycles. The molecule has 166 valence electrons. The third-order valence-corrected chi connectivity index (χ3v) is 6.50. The van der Waals surface area contributed by atoms with Gasteiger partial charge in [-0.2, -0.15) is 0 Å². The Morgan fingerprint density at radius 2 is 1.56 bits per heavy atom. The maximum Gasteiger partial charge on any atom is 0.261 e. The summed E-state index contributed by atoms with van der Waals surface area (Å²) in [6.07, 6.45) is 0.158. The van der Waals surface area contributed by atoms with Gasteiger partial charge in [0.2, 0.25) is 5.91 Å². The van der Waals surface area contributed by atoms with Gasteiger partial charge in [0.1, 0.15) is 13.2 Å². The van der Waals surface area contributed by atoms with Gasteiger partial charge in [-0.3, -0.25) is 9.52 Å². The molecule has 2 N–H and O–H groups in total. The fourth-order valence-electron chi connectivity index (χ4n) is 3.47. The van der Waals surface area contributed by atoms with Gasteiger partial charge in [0, 0.05) is 5.69 Å². The van der Waals surface area contributed by atoms with E-state index in [1.54, 1.807) is 24.3 Å². The molecule has 0 unspecified atom stereocenters. The summed E-state index contributed by atoms with van der Waals surface area (Å²) in [6, 6.07) is 17.1. The largest absolute Gasteiger partial charge is 0.486 e. The van der Waals surface area contributed by atoms with Crippen LogP contribution >= 0.6 is 0 Å². The fraction of sp³-hybridized carbons (Fsp3) is 0.208. The lowest BCUT2D eigenvalue weighted by Crippen LogP contribution is -2.17. The number of hydrogen-bond acceptors (Lipinski definition) is 5. The van der Waals surface area contributed by atoms with Crippen molar-refractivity contribution in [3.05, 3.63) is 77.4 Å². The lowest BCUT2D eigenvalue weighted by atomic mass is 10.1. The zero-order chi connectivity index (χ0) is 22.7. The first-order valence-corrected chi connectivity index (χ1v) is 11.7. The molecule has 0 saturated carbocycles. The van der Waals surface area contributed by atoms with E-state index in [2.05, 4.69) is 10.0 Å². The molecule has 0 spiro atoms. The molecule has 0 atom stereocenters. The van der Waals surface area contributed by atoms with E-state index in [0.29, 0.717) is 36.1 Å². The van der Waals surface area contributed by atoms with Gasteiger partial charge < -0.3 is 14.8 Å². The van der Waals surface area contributed by atoms with Crippen molar-refractivity contribution in [1.29, 1.82) is 0 Å². The summed E-state index contributed by atoms with van der Waals surface area (Å²) in [5.74, 6) is 1.09. The molecule has 32 heavy (non-hydrogen) atoms. The SMILES string of the molecule is Cc1cccc(C)c1NS(=O)(=O)c1ccc(NC(=O)Cc2ccc3c(c2)OCCO3)cc1. The van der Waals surface area contributed by atoms with Crippen LogP contribution in [-0.4, -0.2) is 27.5 Å².